The highest BCUT2D eigenvalue weighted by Crippen LogP contribution is 2.29. The zero-order valence-corrected chi connectivity index (χ0v) is 16.7. The molecule has 0 heterocycles. The summed E-state index contributed by atoms with van der Waals surface area (Å²) in [5, 5.41) is 3.23. The third-order valence-electron chi connectivity index (χ3n) is 4.22. The van der Waals surface area contributed by atoms with Gasteiger partial charge in [-0.15, -0.1) is 0 Å². The number of halogens is 2. The number of methoxy groups -OCH3 is 1. The molecule has 0 saturated heterocycles. The predicted molar refractivity (Wildman–Crippen MR) is 112 cm³/mol. The van der Waals surface area contributed by atoms with Crippen molar-refractivity contribution in [3.8, 4) is 11.5 Å². The van der Waals surface area contributed by atoms with Crippen LogP contribution in [-0.4, -0.2) is 18.9 Å². The molecule has 0 atom stereocenters. The van der Waals surface area contributed by atoms with Gasteiger partial charge >= 0.3 is 0 Å². The average molecular weight is 429 g/mol. The minimum atomic E-state index is -0.924. The van der Waals surface area contributed by atoms with Gasteiger partial charge in [-0.25, -0.2) is 4.39 Å². The first-order valence-corrected chi connectivity index (χ1v) is 9.21. The molecule has 0 spiro atoms. The number of carbonyl (C=O) groups excluding carboxylic acids is 2. The van der Waals surface area contributed by atoms with Crippen LogP contribution < -0.4 is 20.5 Å². The van der Waals surface area contributed by atoms with Crippen molar-refractivity contribution in [2.24, 2.45) is 5.73 Å². The molecule has 8 heteroatoms. The Morgan fingerprint density at radius 3 is 2.43 bits per heavy atom. The molecule has 0 aliphatic rings. The number of rotatable bonds is 7. The lowest BCUT2D eigenvalue weighted by molar-refractivity contribution is 0.0992. The minimum absolute atomic E-state index is 0.234. The lowest BCUT2D eigenvalue weighted by atomic mass is 10.1. The highest BCUT2D eigenvalue weighted by molar-refractivity contribution is 6.30. The van der Waals surface area contributed by atoms with Crippen LogP contribution in [0.2, 0.25) is 5.02 Å². The highest BCUT2D eigenvalue weighted by atomic mass is 35.5. The molecule has 0 aliphatic heterocycles. The van der Waals surface area contributed by atoms with E-state index in [0.717, 1.165) is 11.6 Å². The largest absolute Gasteiger partial charge is 0.493 e. The topological polar surface area (TPSA) is 90.6 Å². The number of primary amides is 1. The lowest BCUT2D eigenvalue weighted by Gasteiger charge is -2.13. The van der Waals surface area contributed by atoms with E-state index in [1.165, 1.54) is 25.3 Å². The second kappa shape index (κ2) is 9.28. The Morgan fingerprint density at radius 1 is 1.03 bits per heavy atom. The second-order valence-corrected chi connectivity index (χ2v) is 6.73. The number of benzene rings is 3. The van der Waals surface area contributed by atoms with Crippen LogP contribution in [-0.2, 0) is 6.61 Å². The second-order valence-electron chi connectivity index (χ2n) is 6.29. The van der Waals surface area contributed by atoms with Crippen molar-refractivity contribution in [3.05, 3.63) is 88.2 Å². The van der Waals surface area contributed by atoms with E-state index in [2.05, 4.69) is 5.32 Å². The molecule has 0 saturated carbocycles. The van der Waals surface area contributed by atoms with Gasteiger partial charge in [0, 0.05) is 16.3 Å². The normalized spacial score (nSPS) is 10.4. The number of carbonyl (C=O) groups is 2. The van der Waals surface area contributed by atoms with Crippen molar-refractivity contribution in [3.63, 3.8) is 0 Å². The summed E-state index contributed by atoms with van der Waals surface area (Å²) in [6.45, 7) is 0.296. The fraction of sp³-hybridized carbons (Fsp3) is 0.0909. The molecule has 6 nitrogen and oxygen atoms in total. The summed E-state index contributed by atoms with van der Waals surface area (Å²) < 4.78 is 24.7. The van der Waals surface area contributed by atoms with Gasteiger partial charge in [-0.3, -0.25) is 9.59 Å². The molecule has 0 radical (unpaired) electrons. The fourth-order valence-corrected chi connectivity index (χ4v) is 2.79. The van der Waals surface area contributed by atoms with Gasteiger partial charge in [-0.2, -0.15) is 0 Å². The molecule has 0 fully saturated rings. The first-order chi connectivity index (χ1) is 14.4. The van der Waals surface area contributed by atoms with Gasteiger partial charge in [-0.1, -0.05) is 23.7 Å². The molecule has 0 aliphatic carbocycles. The lowest BCUT2D eigenvalue weighted by Crippen LogP contribution is -2.16. The van der Waals surface area contributed by atoms with Crippen LogP contribution in [0.25, 0.3) is 0 Å². The third-order valence-corrected chi connectivity index (χ3v) is 4.48. The zero-order valence-electron chi connectivity index (χ0n) is 15.9. The summed E-state index contributed by atoms with van der Waals surface area (Å²) in [6, 6.07) is 15.5. The number of hydrogen-bond acceptors (Lipinski definition) is 4. The van der Waals surface area contributed by atoms with Crippen LogP contribution >= 0.6 is 11.6 Å². The van der Waals surface area contributed by atoms with E-state index in [0.29, 0.717) is 23.1 Å². The Labute approximate surface area is 177 Å². The molecule has 154 valence electrons. The summed E-state index contributed by atoms with van der Waals surface area (Å²) in [5.74, 6) is -1.33. The van der Waals surface area contributed by atoms with Gasteiger partial charge in [0.05, 0.1) is 12.7 Å². The third kappa shape index (κ3) is 5.07. The molecule has 3 rings (SSSR count). The molecular formula is C22H18ClFN2O4. The summed E-state index contributed by atoms with van der Waals surface area (Å²) in [7, 11) is 1.46. The van der Waals surface area contributed by atoms with Crippen molar-refractivity contribution < 1.29 is 23.5 Å². The van der Waals surface area contributed by atoms with Crippen LogP contribution in [0.3, 0.4) is 0 Å². The maximum absolute atomic E-state index is 13.6. The van der Waals surface area contributed by atoms with Crippen molar-refractivity contribution >= 4 is 29.1 Å². The number of nitrogens with one attached hydrogen (secondary N) is 1. The highest BCUT2D eigenvalue weighted by Gasteiger charge is 2.14. The van der Waals surface area contributed by atoms with E-state index in [-0.39, 0.29) is 16.8 Å². The SMILES string of the molecule is COc1cc(C(=O)Nc2ccc(F)c(C(N)=O)c2)ccc1OCc1ccc(Cl)cc1. The quantitative estimate of drug-likeness (QED) is 0.583. The number of nitrogens with two attached hydrogens (primary N) is 1. The maximum atomic E-state index is 13.6. The van der Waals surface area contributed by atoms with E-state index in [1.807, 2.05) is 12.1 Å². The molecule has 3 N–H and O–H groups in total. The molecule has 0 aromatic heterocycles. The van der Waals surface area contributed by atoms with Gasteiger partial charge in [0.15, 0.2) is 11.5 Å². The van der Waals surface area contributed by atoms with Gasteiger partial charge in [0.25, 0.3) is 11.8 Å². The average Bonchev–Trinajstić information content (AvgIpc) is 2.74. The van der Waals surface area contributed by atoms with Gasteiger partial charge in [0.1, 0.15) is 12.4 Å². The first-order valence-electron chi connectivity index (χ1n) is 8.83. The van der Waals surface area contributed by atoms with E-state index in [9.17, 15) is 14.0 Å². The number of anilines is 1. The standard InChI is InChI=1S/C22H18ClFN2O4/c1-29-20-10-14(4-9-19(20)30-12-13-2-5-15(23)6-3-13)22(28)26-16-7-8-18(24)17(11-16)21(25)27/h2-11H,12H2,1H3,(H2,25,27)(H,26,28). The molecule has 30 heavy (non-hydrogen) atoms. The molecule has 3 aromatic carbocycles. The van der Waals surface area contributed by atoms with Crippen molar-refractivity contribution in [2.45, 2.75) is 6.61 Å². The number of hydrogen-bond donors (Lipinski definition) is 2. The van der Waals surface area contributed by atoms with Gasteiger partial charge < -0.3 is 20.5 Å². The van der Waals surface area contributed by atoms with Crippen LogP contribution in [0.1, 0.15) is 26.3 Å². The molecule has 0 bridgehead atoms. The molecular weight excluding hydrogens is 411 g/mol. The summed E-state index contributed by atoms with van der Waals surface area (Å²) in [5.41, 5.74) is 6.26. The van der Waals surface area contributed by atoms with Gasteiger partial charge in [0.2, 0.25) is 0 Å². The monoisotopic (exact) mass is 428 g/mol. The minimum Gasteiger partial charge on any atom is -0.493 e. The Kier molecular flexibility index (Phi) is 6.54. The van der Waals surface area contributed by atoms with Crippen LogP contribution in [0.5, 0.6) is 11.5 Å². The zero-order chi connectivity index (χ0) is 21.7. The fourth-order valence-electron chi connectivity index (χ4n) is 2.66. The van der Waals surface area contributed by atoms with Crippen molar-refractivity contribution in [2.75, 3.05) is 12.4 Å². The summed E-state index contributed by atoms with van der Waals surface area (Å²) in [4.78, 5) is 23.8. The first kappa shape index (κ1) is 21.1. The Hall–Kier alpha value is -3.58. The van der Waals surface area contributed by atoms with E-state index < -0.39 is 17.6 Å². The maximum Gasteiger partial charge on any atom is 0.255 e. The van der Waals surface area contributed by atoms with E-state index in [1.54, 1.807) is 24.3 Å². The van der Waals surface area contributed by atoms with Crippen LogP contribution in [0.4, 0.5) is 10.1 Å². The van der Waals surface area contributed by atoms with E-state index >= 15 is 0 Å². The Bertz CT molecular complexity index is 1090. The predicted octanol–water partition coefficient (Wildman–Crippen LogP) is 4.42. The summed E-state index contributed by atoms with van der Waals surface area (Å²) >= 11 is 5.87. The molecule has 2 amide bonds. The van der Waals surface area contributed by atoms with Crippen LogP contribution in [0, 0.1) is 5.82 Å². The summed E-state index contributed by atoms with van der Waals surface area (Å²) in [6.07, 6.45) is 0. The molecule has 3 aromatic rings. The Balaban J connectivity index is 1.73. The number of amides is 2. The molecule has 0 unspecified atom stereocenters. The van der Waals surface area contributed by atoms with Crippen molar-refractivity contribution in [1.29, 1.82) is 0 Å². The Morgan fingerprint density at radius 2 is 1.77 bits per heavy atom. The smallest absolute Gasteiger partial charge is 0.255 e. The van der Waals surface area contributed by atoms with Crippen LogP contribution in [0.15, 0.2) is 60.7 Å². The van der Waals surface area contributed by atoms with E-state index in [4.69, 9.17) is 26.8 Å². The van der Waals surface area contributed by atoms with Crippen molar-refractivity contribution in [1.82, 2.24) is 0 Å². The van der Waals surface area contributed by atoms with Gasteiger partial charge in [-0.05, 0) is 54.1 Å². The number of ether oxygens (including phenoxy) is 2.